The van der Waals surface area contributed by atoms with Gasteiger partial charge in [-0.3, -0.25) is 0 Å². The summed E-state index contributed by atoms with van der Waals surface area (Å²) in [7, 11) is 0. The highest BCUT2D eigenvalue weighted by Crippen LogP contribution is 2.18. The van der Waals surface area contributed by atoms with E-state index in [2.05, 4.69) is 18.7 Å². The maximum atomic E-state index is 5.60. The Hall–Kier alpha value is -0.0800. The Morgan fingerprint density at radius 3 is 0.500 bits per heavy atom. The first-order valence-corrected chi connectivity index (χ1v) is 27.3. The fourth-order valence-corrected chi connectivity index (χ4v) is 9.06. The molecule has 2 nitrogen and oxygen atoms in total. The zero-order valence-corrected chi connectivity index (χ0v) is 39.8. The van der Waals surface area contributed by atoms with Crippen molar-refractivity contribution < 1.29 is 0 Å². The van der Waals surface area contributed by atoms with E-state index >= 15 is 0 Å². The average Bonchev–Trinajstić information content (AvgIpc) is 3.21. The van der Waals surface area contributed by atoms with Crippen LogP contribution in [0.25, 0.3) is 0 Å². The molecule has 0 unspecified atom stereocenters. The highest BCUT2D eigenvalue weighted by atomic mass is 15.1. The first-order valence-electron chi connectivity index (χ1n) is 27.3. The van der Waals surface area contributed by atoms with E-state index in [1.165, 1.54) is 328 Å². The van der Waals surface area contributed by atoms with Crippen LogP contribution in [-0.4, -0.2) is 31.1 Å². The molecule has 0 saturated carbocycles. The Kier molecular flexibility index (Phi) is 52.9. The third-order valence-electron chi connectivity index (χ3n) is 13.1. The van der Waals surface area contributed by atoms with E-state index in [4.69, 9.17) is 5.73 Å². The normalized spacial score (nSPS) is 11.8. The Labute approximate surface area is 357 Å². The van der Waals surface area contributed by atoms with E-state index in [9.17, 15) is 0 Å². The second kappa shape index (κ2) is 52.9. The largest absolute Gasteiger partial charge is 0.330 e. The molecule has 0 rings (SSSR count). The molecule has 0 heterocycles. The van der Waals surface area contributed by atoms with Crippen molar-refractivity contribution in [1.29, 1.82) is 0 Å². The molecule has 2 heteroatoms. The van der Waals surface area contributed by atoms with Gasteiger partial charge in [0.2, 0.25) is 0 Å². The maximum absolute atomic E-state index is 5.60. The molecule has 338 valence electrons. The lowest BCUT2D eigenvalue weighted by atomic mass is 10.0. The van der Waals surface area contributed by atoms with Gasteiger partial charge in [-0.15, -0.1) is 0 Å². The van der Waals surface area contributed by atoms with Crippen molar-refractivity contribution in [3.63, 3.8) is 0 Å². The van der Waals surface area contributed by atoms with Crippen LogP contribution in [0, 0.1) is 0 Å². The van der Waals surface area contributed by atoms with Gasteiger partial charge in [0.05, 0.1) is 0 Å². The Balaban J connectivity index is 3.95. The molecule has 0 atom stereocenters. The lowest BCUT2D eigenvalue weighted by Crippen LogP contribution is -2.27. The van der Waals surface area contributed by atoms with Crippen LogP contribution in [0.4, 0.5) is 0 Å². The van der Waals surface area contributed by atoms with E-state index in [0.717, 1.165) is 6.54 Å². The van der Waals surface area contributed by atoms with Crippen LogP contribution in [0.2, 0.25) is 0 Å². The molecule has 0 bridgehead atoms. The second-order valence-electron chi connectivity index (χ2n) is 18.9. The molecule has 2 N–H and O–H groups in total. The van der Waals surface area contributed by atoms with Crippen LogP contribution < -0.4 is 5.73 Å². The summed E-state index contributed by atoms with van der Waals surface area (Å²) >= 11 is 0. The molecule has 0 aromatic carbocycles. The lowest BCUT2D eigenvalue weighted by molar-refractivity contribution is 0.254. The summed E-state index contributed by atoms with van der Waals surface area (Å²) in [6.45, 7) is 9.61. The van der Waals surface area contributed by atoms with Crippen molar-refractivity contribution >= 4 is 0 Å². The summed E-state index contributed by atoms with van der Waals surface area (Å²) in [4.78, 5) is 2.88. The van der Waals surface area contributed by atoms with Crippen LogP contribution >= 0.6 is 0 Å². The van der Waals surface area contributed by atoms with Crippen LogP contribution in [0.15, 0.2) is 0 Å². The Morgan fingerprint density at radius 1 is 0.196 bits per heavy atom. The van der Waals surface area contributed by atoms with Gasteiger partial charge in [-0.2, -0.15) is 0 Å². The summed E-state index contributed by atoms with van der Waals surface area (Å²) in [5.41, 5.74) is 5.60. The molecule has 0 amide bonds. The van der Waals surface area contributed by atoms with Gasteiger partial charge in [0.25, 0.3) is 0 Å². The van der Waals surface area contributed by atoms with Crippen molar-refractivity contribution in [1.82, 2.24) is 4.90 Å². The molecule has 0 fully saturated rings. The SMILES string of the molecule is CCCCCCCCCCCCCCCCCCN(CCCCCCCCCCCCCCCCCC)CCCCCCCCCCCCCCCCCCN. The monoisotopic (exact) mass is 789 g/mol. The first kappa shape index (κ1) is 55.9. The molecule has 56 heavy (non-hydrogen) atoms. The lowest BCUT2D eigenvalue weighted by Gasteiger charge is -2.22. The molecule has 0 saturated heterocycles. The summed E-state index contributed by atoms with van der Waals surface area (Å²) in [5, 5.41) is 0. The molecule has 0 aliphatic carbocycles. The quantitative estimate of drug-likeness (QED) is 0.0622. The van der Waals surface area contributed by atoms with E-state index in [1.54, 1.807) is 0 Å². The minimum Gasteiger partial charge on any atom is -0.330 e. The number of hydrogen-bond donors (Lipinski definition) is 1. The van der Waals surface area contributed by atoms with Crippen molar-refractivity contribution in [2.24, 2.45) is 5.73 Å². The maximum Gasteiger partial charge on any atom is -0.00187 e. The predicted molar refractivity (Wildman–Crippen MR) is 258 cm³/mol. The van der Waals surface area contributed by atoms with Gasteiger partial charge in [0, 0.05) is 0 Å². The standard InChI is InChI=1S/C54H112N2/c1-3-5-7-9-11-13-15-17-19-24-28-32-36-40-44-48-52-56(53-49-45-41-37-33-29-25-20-18-16-14-12-10-8-6-4-2)54-50-46-42-38-34-30-26-22-21-23-27-31-35-39-43-47-51-55/h3-55H2,1-2H3. The molecule has 0 spiro atoms. The van der Waals surface area contributed by atoms with E-state index in [0.29, 0.717) is 0 Å². The number of hydrogen-bond acceptors (Lipinski definition) is 2. The topological polar surface area (TPSA) is 29.3 Å². The molecule has 0 radical (unpaired) electrons. The van der Waals surface area contributed by atoms with Gasteiger partial charge >= 0.3 is 0 Å². The minimum absolute atomic E-state index is 0.873. The van der Waals surface area contributed by atoms with E-state index < -0.39 is 0 Å². The highest BCUT2D eigenvalue weighted by Gasteiger charge is 2.06. The Morgan fingerprint density at radius 2 is 0.339 bits per heavy atom. The summed E-state index contributed by atoms with van der Waals surface area (Å²) in [6.07, 6.45) is 69.9. The van der Waals surface area contributed by atoms with Gasteiger partial charge in [0.15, 0.2) is 0 Å². The zero-order chi connectivity index (χ0) is 40.3. The summed E-state index contributed by atoms with van der Waals surface area (Å²) < 4.78 is 0. The van der Waals surface area contributed by atoms with Gasteiger partial charge in [0.1, 0.15) is 0 Å². The van der Waals surface area contributed by atoms with Crippen LogP contribution in [0.5, 0.6) is 0 Å². The number of nitrogens with zero attached hydrogens (tertiary/aromatic N) is 1. The van der Waals surface area contributed by atoms with Crippen molar-refractivity contribution in [3.05, 3.63) is 0 Å². The molecule has 0 aliphatic rings. The number of rotatable bonds is 52. The number of nitrogens with two attached hydrogens (primary N) is 1. The van der Waals surface area contributed by atoms with Gasteiger partial charge in [-0.1, -0.05) is 296 Å². The zero-order valence-electron chi connectivity index (χ0n) is 39.8. The summed E-state index contributed by atoms with van der Waals surface area (Å²) in [5.74, 6) is 0. The van der Waals surface area contributed by atoms with Gasteiger partial charge in [-0.05, 0) is 51.9 Å². The fourth-order valence-electron chi connectivity index (χ4n) is 9.06. The Bertz CT molecular complexity index is 612. The second-order valence-corrected chi connectivity index (χ2v) is 18.9. The smallest absolute Gasteiger partial charge is 0.00187 e. The highest BCUT2D eigenvalue weighted by molar-refractivity contribution is 4.61. The fraction of sp³-hybridized carbons (Fsp3) is 1.00. The molecule has 0 aromatic heterocycles. The third kappa shape index (κ3) is 50.1. The first-order chi connectivity index (χ1) is 27.8. The van der Waals surface area contributed by atoms with Gasteiger partial charge < -0.3 is 10.6 Å². The molecule has 0 aliphatic heterocycles. The summed E-state index contributed by atoms with van der Waals surface area (Å²) in [6, 6.07) is 0. The van der Waals surface area contributed by atoms with Gasteiger partial charge in [-0.25, -0.2) is 0 Å². The predicted octanol–water partition coefficient (Wildman–Crippen LogP) is 19.0. The van der Waals surface area contributed by atoms with E-state index in [1.807, 2.05) is 0 Å². The minimum atomic E-state index is 0.873. The molecular formula is C54H112N2. The van der Waals surface area contributed by atoms with Crippen molar-refractivity contribution in [3.8, 4) is 0 Å². The number of unbranched alkanes of at least 4 members (excludes halogenated alkanes) is 45. The van der Waals surface area contributed by atoms with Crippen molar-refractivity contribution in [2.75, 3.05) is 26.2 Å². The average molecular weight is 790 g/mol. The van der Waals surface area contributed by atoms with Crippen LogP contribution in [-0.2, 0) is 0 Å². The van der Waals surface area contributed by atoms with E-state index in [-0.39, 0.29) is 0 Å². The third-order valence-corrected chi connectivity index (χ3v) is 13.1. The van der Waals surface area contributed by atoms with Crippen LogP contribution in [0.3, 0.4) is 0 Å². The van der Waals surface area contributed by atoms with Crippen molar-refractivity contribution in [2.45, 2.75) is 322 Å². The molecule has 0 aromatic rings. The van der Waals surface area contributed by atoms with Crippen LogP contribution in [0.1, 0.15) is 322 Å². The molecular weight excluding hydrogens is 677 g/mol.